The molecule has 1 N–H and O–H groups in total. The molecule has 0 aliphatic carbocycles. The third-order valence-electron chi connectivity index (χ3n) is 4.69. The molecule has 0 aromatic heterocycles. The zero-order valence-electron chi connectivity index (χ0n) is 19.0. The smallest absolute Gasteiger partial charge is 0.409 e. The number of carbonyl (C=O) groups excluding carboxylic acids is 1. The third-order valence-corrected chi connectivity index (χ3v) is 4.69. The molecule has 1 fully saturated rings. The number of benzene rings is 1. The maximum atomic E-state index is 11.9. The Morgan fingerprint density at radius 2 is 1.68 bits per heavy atom. The van der Waals surface area contributed by atoms with Crippen LogP contribution in [0.2, 0.25) is 0 Å². The highest BCUT2D eigenvalue weighted by molar-refractivity contribution is 14.0. The molecule has 1 aliphatic heterocycles. The molecule has 1 aliphatic rings. The average Bonchev–Trinajstić information content (AvgIpc) is 2.77. The highest BCUT2D eigenvalue weighted by Gasteiger charge is 2.23. The Hall–Kier alpha value is -1.59. The highest BCUT2D eigenvalue weighted by Crippen LogP contribution is 2.10. The van der Waals surface area contributed by atoms with Crippen LogP contribution in [0.25, 0.3) is 0 Å². The van der Waals surface area contributed by atoms with Gasteiger partial charge in [0.2, 0.25) is 0 Å². The van der Waals surface area contributed by atoms with Crippen LogP contribution < -0.4 is 5.32 Å². The molecular weight excluding hydrogens is 511 g/mol. The van der Waals surface area contributed by atoms with Gasteiger partial charge in [0.25, 0.3) is 0 Å². The number of piperazine rings is 1. The predicted molar refractivity (Wildman–Crippen MR) is 133 cm³/mol. The van der Waals surface area contributed by atoms with Crippen molar-refractivity contribution in [2.24, 2.45) is 4.99 Å². The summed E-state index contributed by atoms with van der Waals surface area (Å²) in [4.78, 5) is 20.6. The Kier molecular flexibility index (Phi) is 14.3. The van der Waals surface area contributed by atoms with Crippen molar-refractivity contribution in [2.75, 3.05) is 59.2 Å². The van der Waals surface area contributed by atoms with Crippen molar-refractivity contribution in [3.8, 4) is 0 Å². The molecule has 1 heterocycles. The van der Waals surface area contributed by atoms with Gasteiger partial charge in [-0.05, 0) is 31.9 Å². The first-order chi connectivity index (χ1) is 14.7. The standard InChI is InChI=1S/C22H36N4O4.HI/c1-4-23-21(25-10-12-26(13-11-25)22(27)30-6-3)24-17-19-8-7-9-20(16-19)18-29-15-14-28-5-2;/h7-9,16H,4-6,10-15,17-18H2,1-3H3,(H,23,24);1H. The minimum absolute atomic E-state index is 0. The number of nitrogens with zero attached hydrogens (tertiary/aromatic N) is 3. The van der Waals surface area contributed by atoms with Gasteiger partial charge >= 0.3 is 6.09 Å². The highest BCUT2D eigenvalue weighted by atomic mass is 127. The average molecular weight is 548 g/mol. The normalized spacial score (nSPS) is 14.2. The number of hydrogen-bond donors (Lipinski definition) is 1. The summed E-state index contributed by atoms with van der Waals surface area (Å²) >= 11 is 0. The molecule has 2 rings (SSSR count). The van der Waals surface area contributed by atoms with E-state index < -0.39 is 0 Å². The van der Waals surface area contributed by atoms with Crippen molar-refractivity contribution < 1.29 is 19.0 Å². The van der Waals surface area contributed by atoms with E-state index in [9.17, 15) is 4.79 Å². The molecular formula is C22H37IN4O4. The van der Waals surface area contributed by atoms with E-state index >= 15 is 0 Å². The van der Waals surface area contributed by atoms with Gasteiger partial charge in [-0.1, -0.05) is 24.3 Å². The first-order valence-electron chi connectivity index (χ1n) is 10.9. The lowest BCUT2D eigenvalue weighted by Crippen LogP contribution is -2.53. The summed E-state index contributed by atoms with van der Waals surface area (Å²) in [5.41, 5.74) is 2.27. The molecule has 9 heteroatoms. The van der Waals surface area contributed by atoms with Crippen LogP contribution in [0.3, 0.4) is 0 Å². The number of carbonyl (C=O) groups is 1. The Morgan fingerprint density at radius 3 is 2.35 bits per heavy atom. The fraction of sp³-hybridized carbons (Fsp3) is 0.636. The van der Waals surface area contributed by atoms with Crippen molar-refractivity contribution >= 4 is 36.0 Å². The van der Waals surface area contributed by atoms with Gasteiger partial charge in [0.05, 0.1) is 33.0 Å². The van der Waals surface area contributed by atoms with Crippen molar-refractivity contribution in [2.45, 2.75) is 33.9 Å². The first-order valence-corrected chi connectivity index (χ1v) is 10.9. The third kappa shape index (κ3) is 10.0. The van der Waals surface area contributed by atoms with Crippen LogP contribution in [-0.2, 0) is 27.4 Å². The Labute approximate surface area is 203 Å². The van der Waals surface area contributed by atoms with Crippen LogP contribution in [0, 0.1) is 0 Å². The van der Waals surface area contributed by atoms with Crippen LogP contribution in [0.4, 0.5) is 4.79 Å². The minimum atomic E-state index is -0.237. The van der Waals surface area contributed by atoms with Gasteiger partial charge in [0.1, 0.15) is 0 Å². The van der Waals surface area contributed by atoms with Gasteiger partial charge in [0, 0.05) is 39.3 Å². The summed E-state index contributed by atoms with van der Waals surface area (Å²) in [5, 5.41) is 3.36. The lowest BCUT2D eigenvalue weighted by Gasteiger charge is -2.35. The van der Waals surface area contributed by atoms with Crippen molar-refractivity contribution in [3.05, 3.63) is 35.4 Å². The molecule has 0 spiro atoms. The molecule has 1 aromatic rings. The number of hydrogen-bond acceptors (Lipinski definition) is 5. The predicted octanol–water partition coefficient (Wildman–Crippen LogP) is 3.10. The van der Waals surface area contributed by atoms with E-state index in [0.717, 1.165) is 36.7 Å². The maximum absolute atomic E-state index is 11.9. The molecule has 8 nitrogen and oxygen atoms in total. The molecule has 31 heavy (non-hydrogen) atoms. The number of aliphatic imine (C=N–C) groups is 1. The van der Waals surface area contributed by atoms with Crippen molar-refractivity contribution in [1.29, 1.82) is 0 Å². The number of nitrogens with one attached hydrogen (secondary N) is 1. The van der Waals surface area contributed by atoms with E-state index in [2.05, 4.69) is 35.3 Å². The molecule has 0 unspecified atom stereocenters. The summed E-state index contributed by atoms with van der Waals surface area (Å²) in [5.74, 6) is 0.874. The number of amides is 1. The topological polar surface area (TPSA) is 75.6 Å². The molecule has 0 saturated carbocycles. The lowest BCUT2D eigenvalue weighted by molar-refractivity contribution is 0.0453. The zero-order valence-corrected chi connectivity index (χ0v) is 21.3. The van der Waals surface area contributed by atoms with E-state index in [1.54, 1.807) is 4.90 Å². The van der Waals surface area contributed by atoms with Crippen LogP contribution in [0.1, 0.15) is 31.9 Å². The first kappa shape index (κ1) is 27.4. The second-order valence-electron chi connectivity index (χ2n) is 6.91. The maximum Gasteiger partial charge on any atom is 0.409 e. The van der Waals surface area contributed by atoms with Crippen LogP contribution in [0.5, 0.6) is 0 Å². The van der Waals surface area contributed by atoms with Gasteiger partial charge in [-0.15, -0.1) is 24.0 Å². The number of ether oxygens (including phenoxy) is 3. The van der Waals surface area contributed by atoms with Gasteiger partial charge in [0.15, 0.2) is 5.96 Å². The number of halogens is 1. The quantitative estimate of drug-likeness (QED) is 0.210. The van der Waals surface area contributed by atoms with E-state index in [1.165, 1.54) is 0 Å². The second-order valence-corrected chi connectivity index (χ2v) is 6.91. The second kappa shape index (κ2) is 16.1. The summed E-state index contributed by atoms with van der Waals surface area (Å²) in [6, 6.07) is 8.31. The van der Waals surface area contributed by atoms with Crippen molar-refractivity contribution in [1.82, 2.24) is 15.1 Å². The van der Waals surface area contributed by atoms with Gasteiger partial charge in [-0.3, -0.25) is 0 Å². The summed E-state index contributed by atoms with van der Waals surface area (Å²) in [6.45, 7) is 12.9. The van der Waals surface area contributed by atoms with E-state index in [-0.39, 0.29) is 30.1 Å². The van der Waals surface area contributed by atoms with Crippen LogP contribution in [-0.4, -0.2) is 81.0 Å². The minimum Gasteiger partial charge on any atom is -0.450 e. The SMILES string of the molecule is CCNC(=NCc1cccc(COCCOCC)c1)N1CCN(C(=O)OCC)CC1.I. The summed E-state index contributed by atoms with van der Waals surface area (Å²) < 4.78 is 16.0. The van der Waals surface area contributed by atoms with Crippen LogP contribution >= 0.6 is 24.0 Å². The number of guanidine groups is 1. The van der Waals surface area contributed by atoms with Gasteiger partial charge in [-0.25, -0.2) is 9.79 Å². The zero-order chi connectivity index (χ0) is 21.6. The molecule has 176 valence electrons. The molecule has 1 amide bonds. The fourth-order valence-electron chi connectivity index (χ4n) is 3.18. The molecule has 0 bridgehead atoms. The molecule has 0 atom stereocenters. The monoisotopic (exact) mass is 548 g/mol. The fourth-order valence-corrected chi connectivity index (χ4v) is 3.18. The molecule has 1 saturated heterocycles. The summed E-state index contributed by atoms with van der Waals surface area (Å²) in [7, 11) is 0. The van der Waals surface area contributed by atoms with Crippen molar-refractivity contribution in [3.63, 3.8) is 0 Å². The largest absolute Gasteiger partial charge is 0.450 e. The van der Waals surface area contributed by atoms with E-state index in [0.29, 0.717) is 52.7 Å². The molecule has 0 radical (unpaired) electrons. The number of rotatable bonds is 10. The summed E-state index contributed by atoms with van der Waals surface area (Å²) in [6.07, 6.45) is -0.237. The van der Waals surface area contributed by atoms with E-state index in [1.807, 2.05) is 19.9 Å². The Morgan fingerprint density at radius 1 is 1.00 bits per heavy atom. The van der Waals surface area contributed by atoms with Gasteiger partial charge < -0.3 is 29.3 Å². The Balaban J connectivity index is 0.00000480. The lowest BCUT2D eigenvalue weighted by atomic mass is 10.1. The van der Waals surface area contributed by atoms with E-state index in [4.69, 9.17) is 19.2 Å². The van der Waals surface area contributed by atoms with Crippen LogP contribution in [0.15, 0.2) is 29.3 Å². The Bertz CT molecular complexity index is 667. The van der Waals surface area contributed by atoms with Gasteiger partial charge in [-0.2, -0.15) is 0 Å². The molecule has 1 aromatic carbocycles.